The van der Waals surface area contributed by atoms with Crippen molar-refractivity contribution in [1.82, 2.24) is 5.32 Å². The van der Waals surface area contributed by atoms with Crippen LogP contribution in [0.2, 0.25) is 0 Å². The Hall–Kier alpha value is -1.23. The van der Waals surface area contributed by atoms with Crippen molar-refractivity contribution in [3.8, 4) is 0 Å². The minimum atomic E-state index is -4.27. The molecular formula is C14H17F3N2. The summed E-state index contributed by atoms with van der Waals surface area (Å²) in [5.74, 6) is 0. The quantitative estimate of drug-likeness (QED) is 0.780. The number of anilines is 1. The van der Waals surface area contributed by atoms with Crippen LogP contribution in [0.4, 0.5) is 18.9 Å². The van der Waals surface area contributed by atoms with Crippen LogP contribution >= 0.6 is 0 Å². The number of hydrogen-bond donors (Lipinski definition) is 1. The van der Waals surface area contributed by atoms with Crippen molar-refractivity contribution in [3.05, 3.63) is 29.3 Å². The van der Waals surface area contributed by atoms with Gasteiger partial charge in [-0.2, -0.15) is 13.2 Å². The first kappa shape index (κ1) is 12.8. The van der Waals surface area contributed by atoms with Crippen LogP contribution in [-0.2, 0) is 11.6 Å². The number of benzene rings is 1. The Bertz CT molecular complexity index is 490. The molecule has 1 saturated heterocycles. The van der Waals surface area contributed by atoms with E-state index in [9.17, 15) is 13.2 Å². The smallest absolute Gasteiger partial charge is 0.374 e. The molecule has 19 heavy (non-hydrogen) atoms. The monoisotopic (exact) mass is 270 g/mol. The molecule has 1 unspecified atom stereocenters. The molecule has 1 atom stereocenters. The number of hydrogen-bond acceptors (Lipinski definition) is 2. The molecule has 2 heterocycles. The van der Waals surface area contributed by atoms with Crippen LogP contribution in [0.3, 0.4) is 0 Å². The van der Waals surface area contributed by atoms with Gasteiger partial charge in [0.05, 0.1) is 5.56 Å². The third kappa shape index (κ3) is 2.00. The van der Waals surface area contributed by atoms with E-state index >= 15 is 0 Å². The summed E-state index contributed by atoms with van der Waals surface area (Å²) >= 11 is 0. The van der Waals surface area contributed by atoms with E-state index in [0.717, 1.165) is 43.7 Å². The largest absolute Gasteiger partial charge is 0.416 e. The number of halogens is 3. The zero-order valence-electron chi connectivity index (χ0n) is 10.8. The summed E-state index contributed by atoms with van der Waals surface area (Å²) in [5.41, 5.74) is 1.17. The number of alkyl halides is 3. The highest BCUT2D eigenvalue weighted by molar-refractivity contribution is 5.60. The fourth-order valence-corrected chi connectivity index (χ4v) is 3.29. The highest BCUT2D eigenvalue weighted by atomic mass is 19.4. The Morgan fingerprint density at radius 2 is 2.05 bits per heavy atom. The molecule has 1 fully saturated rings. The van der Waals surface area contributed by atoms with Crippen LogP contribution in [0, 0.1) is 0 Å². The van der Waals surface area contributed by atoms with Crippen LogP contribution in [0.1, 0.15) is 24.0 Å². The van der Waals surface area contributed by atoms with Crippen LogP contribution in [-0.4, -0.2) is 26.7 Å². The van der Waals surface area contributed by atoms with E-state index in [2.05, 4.69) is 10.2 Å². The Morgan fingerprint density at radius 1 is 1.26 bits per heavy atom. The van der Waals surface area contributed by atoms with Gasteiger partial charge >= 0.3 is 6.18 Å². The summed E-state index contributed by atoms with van der Waals surface area (Å²) in [6.07, 6.45) is -2.42. The SMILES string of the molecule is CN1CCC2(CCNC2)c2cc(C(F)(F)F)ccc21. The molecule has 2 aliphatic rings. The van der Waals surface area contributed by atoms with Crippen LogP contribution < -0.4 is 10.2 Å². The van der Waals surface area contributed by atoms with E-state index in [1.54, 1.807) is 6.07 Å². The van der Waals surface area contributed by atoms with Crippen molar-refractivity contribution in [2.24, 2.45) is 0 Å². The Kier molecular flexibility index (Phi) is 2.78. The van der Waals surface area contributed by atoms with Crippen molar-refractivity contribution in [2.45, 2.75) is 24.4 Å². The molecule has 0 amide bonds. The van der Waals surface area contributed by atoms with Crippen molar-refractivity contribution < 1.29 is 13.2 Å². The highest BCUT2D eigenvalue weighted by Crippen LogP contribution is 2.45. The second kappa shape index (κ2) is 4.13. The van der Waals surface area contributed by atoms with Gasteiger partial charge in [-0.1, -0.05) is 0 Å². The normalized spacial score (nSPS) is 26.8. The maximum absolute atomic E-state index is 12.9. The number of nitrogens with one attached hydrogen (secondary N) is 1. The maximum Gasteiger partial charge on any atom is 0.416 e. The number of rotatable bonds is 0. The van der Waals surface area contributed by atoms with Crippen LogP contribution in [0.5, 0.6) is 0 Å². The highest BCUT2D eigenvalue weighted by Gasteiger charge is 2.42. The molecule has 0 aliphatic carbocycles. The Labute approximate surface area is 110 Å². The number of fused-ring (bicyclic) bond motifs is 2. The minimum absolute atomic E-state index is 0.108. The Balaban J connectivity index is 2.13. The summed E-state index contributed by atoms with van der Waals surface area (Å²) in [7, 11) is 1.95. The van der Waals surface area contributed by atoms with Crippen molar-refractivity contribution in [1.29, 1.82) is 0 Å². The summed E-state index contributed by atoms with van der Waals surface area (Å²) < 4.78 is 38.7. The molecule has 2 aliphatic heterocycles. The first-order valence-corrected chi connectivity index (χ1v) is 6.56. The predicted octanol–water partition coefficient (Wildman–Crippen LogP) is 2.78. The lowest BCUT2D eigenvalue weighted by molar-refractivity contribution is -0.137. The number of nitrogens with zero attached hydrogens (tertiary/aromatic N) is 1. The van der Waals surface area contributed by atoms with E-state index < -0.39 is 11.7 Å². The van der Waals surface area contributed by atoms with Gasteiger partial charge in [0.1, 0.15) is 0 Å². The van der Waals surface area contributed by atoms with Gasteiger partial charge < -0.3 is 10.2 Å². The van der Waals surface area contributed by atoms with Crippen LogP contribution in [0.15, 0.2) is 18.2 Å². The van der Waals surface area contributed by atoms with Gasteiger partial charge in [0.25, 0.3) is 0 Å². The fraction of sp³-hybridized carbons (Fsp3) is 0.571. The molecule has 1 aromatic rings. The van der Waals surface area contributed by atoms with E-state index in [1.807, 2.05) is 7.05 Å². The molecule has 1 N–H and O–H groups in total. The topological polar surface area (TPSA) is 15.3 Å². The van der Waals surface area contributed by atoms with E-state index in [0.29, 0.717) is 0 Å². The predicted molar refractivity (Wildman–Crippen MR) is 68.5 cm³/mol. The zero-order chi connectivity index (χ0) is 13.7. The molecule has 0 saturated carbocycles. The maximum atomic E-state index is 12.9. The molecule has 1 aromatic carbocycles. The van der Waals surface area contributed by atoms with Crippen molar-refractivity contribution >= 4 is 5.69 Å². The van der Waals surface area contributed by atoms with Crippen LogP contribution in [0.25, 0.3) is 0 Å². The average molecular weight is 270 g/mol. The molecule has 5 heteroatoms. The molecule has 104 valence electrons. The lowest BCUT2D eigenvalue weighted by atomic mass is 9.73. The molecule has 1 spiro atoms. The van der Waals surface area contributed by atoms with Crippen molar-refractivity contribution in [3.63, 3.8) is 0 Å². The van der Waals surface area contributed by atoms with E-state index in [-0.39, 0.29) is 5.41 Å². The molecule has 2 nitrogen and oxygen atoms in total. The minimum Gasteiger partial charge on any atom is -0.374 e. The van der Waals surface area contributed by atoms with Crippen molar-refractivity contribution in [2.75, 3.05) is 31.6 Å². The molecule has 0 bridgehead atoms. The molecule has 3 rings (SSSR count). The van der Waals surface area contributed by atoms with Gasteiger partial charge in [0.2, 0.25) is 0 Å². The second-order valence-corrected chi connectivity index (χ2v) is 5.61. The van der Waals surface area contributed by atoms with Gasteiger partial charge in [0.15, 0.2) is 0 Å². The Morgan fingerprint density at radius 3 is 2.68 bits per heavy atom. The fourth-order valence-electron chi connectivity index (χ4n) is 3.29. The standard InChI is InChI=1S/C14H17F3N2/c1-19-7-5-13(4-6-18-9-13)11-8-10(14(15,16)17)2-3-12(11)19/h2-3,8,18H,4-7,9H2,1H3. The van der Waals surface area contributed by atoms with Gasteiger partial charge in [-0.05, 0) is 43.1 Å². The summed E-state index contributed by atoms with van der Waals surface area (Å²) in [6, 6.07) is 4.17. The third-order valence-electron chi connectivity index (χ3n) is 4.48. The zero-order valence-corrected chi connectivity index (χ0v) is 10.8. The summed E-state index contributed by atoms with van der Waals surface area (Å²) in [5, 5.41) is 3.30. The van der Waals surface area contributed by atoms with E-state index in [1.165, 1.54) is 12.1 Å². The van der Waals surface area contributed by atoms with Gasteiger partial charge in [-0.15, -0.1) is 0 Å². The molecule has 0 radical (unpaired) electrons. The molecular weight excluding hydrogens is 253 g/mol. The lowest BCUT2D eigenvalue weighted by Gasteiger charge is -2.40. The summed E-state index contributed by atoms with van der Waals surface area (Å²) in [6.45, 7) is 2.58. The lowest BCUT2D eigenvalue weighted by Crippen LogP contribution is -2.40. The second-order valence-electron chi connectivity index (χ2n) is 5.61. The summed E-state index contributed by atoms with van der Waals surface area (Å²) in [4.78, 5) is 2.05. The van der Waals surface area contributed by atoms with E-state index in [4.69, 9.17) is 0 Å². The van der Waals surface area contributed by atoms with Gasteiger partial charge in [-0.3, -0.25) is 0 Å². The van der Waals surface area contributed by atoms with Gasteiger partial charge in [0, 0.05) is 31.2 Å². The first-order chi connectivity index (χ1) is 8.92. The first-order valence-electron chi connectivity index (χ1n) is 6.56. The van der Waals surface area contributed by atoms with Gasteiger partial charge in [-0.25, -0.2) is 0 Å². The third-order valence-corrected chi connectivity index (χ3v) is 4.48. The average Bonchev–Trinajstić information content (AvgIpc) is 2.83. The molecule has 0 aromatic heterocycles.